The number of rotatable bonds is 6. The monoisotopic (exact) mass is 371 g/mol. The number of carbonyl (C=O) groups is 4. The van der Waals surface area contributed by atoms with Crippen LogP contribution in [0.15, 0.2) is 0 Å². The molecule has 12 heteroatoms. The van der Waals surface area contributed by atoms with Crippen molar-refractivity contribution >= 4 is 24.0 Å². The van der Waals surface area contributed by atoms with Crippen LogP contribution in [0.5, 0.6) is 0 Å². The van der Waals surface area contributed by atoms with Crippen molar-refractivity contribution in [2.75, 3.05) is 39.7 Å². The second-order valence-electron chi connectivity index (χ2n) is 5.98. The van der Waals surface area contributed by atoms with E-state index in [9.17, 15) is 24.3 Å². The van der Waals surface area contributed by atoms with Crippen LogP contribution in [0, 0.1) is 0 Å². The fraction of sp³-hybridized carbons (Fsp3) is 0.714. The summed E-state index contributed by atoms with van der Waals surface area (Å²) in [5, 5.41) is 14.0. The number of nitrogens with zero attached hydrogens (tertiary/aromatic N) is 3. The smallest absolute Gasteiger partial charge is 0.359 e. The molecule has 3 aliphatic heterocycles. The van der Waals surface area contributed by atoms with Crippen LogP contribution in [0.4, 0.5) is 9.59 Å². The third-order valence-electron chi connectivity index (χ3n) is 4.62. The molecule has 3 saturated heterocycles. The van der Waals surface area contributed by atoms with Gasteiger partial charge in [-0.3, -0.25) is 14.7 Å². The van der Waals surface area contributed by atoms with E-state index >= 15 is 0 Å². The summed E-state index contributed by atoms with van der Waals surface area (Å²) in [4.78, 5) is 54.6. The Hall–Kier alpha value is -2.60. The van der Waals surface area contributed by atoms with E-state index in [4.69, 9.17) is 9.47 Å². The first-order valence-electron chi connectivity index (χ1n) is 8.26. The Kier molecular flexibility index (Phi) is 4.40. The number of ether oxygens (including phenoxy) is 2. The van der Waals surface area contributed by atoms with Crippen LogP contribution < -0.4 is 10.6 Å². The average Bonchev–Trinajstić information content (AvgIpc) is 3.00. The van der Waals surface area contributed by atoms with Crippen molar-refractivity contribution in [1.82, 2.24) is 25.3 Å². The molecule has 0 spiro atoms. The number of hydrogen-bond donors (Lipinski definition) is 3. The van der Waals surface area contributed by atoms with Crippen molar-refractivity contribution in [3.63, 3.8) is 0 Å². The Labute approximate surface area is 149 Å². The fourth-order valence-corrected chi connectivity index (χ4v) is 3.66. The summed E-state index contributed by atoms with van der Waals surface area (Å²) in [7, 11) is 0. The molecule has 0 radical (unpaired) electrons. The van der Waals surface area contributed by atoms with Gasteiger partial charge in [-0.15, -0.1) is 0 Å². The summed E-state index contributed by atoms with van der Waals surface area (Å²) in [5.41, 5.74) is -4.16. The number of β-amino-alcohol motifs (C(OH)–C–C–N with tert-alkyl or cyclic N) is 1. The van der Waals surface area contributed by atoms with Crippen molar-refractivity contribution < 1.29 is 33.8 Å². The topological polar surface area (TPSA) is 141 Å². The summed E-state index contributed by atoms with van der Waals surface area (Å²) in [6, 6.07) is -1.47. The van der Waals surface area contributed by atoms with Crippen molar-refractivity contribution in [1.29, 1.82) is 0 Å². The van der Waals surface area contributed by atoms with Crippen molar-refractivity contribution in [3.05, 3.63) is 0 Å². The maximum Gasteiger partial charge on any atom is 0.359 e. The maximum absolute atomic E-state index is 13.0. The third-order valence-corrected chi connectivity index (χ3v) is 4.62. The van der Waals surface area contributed by atoms with Crippen molar-refractivity contribution in [3.8, 4) is 0 Å². The van der Waals surface area contributed by atoms with E-state index in [-0.39, 0.29) is 39.7 Å². The van der Waals surface area contributed by atoms with E-state index in [0.29, 0.717) is 0 Å². The molecule has 0 saturated carbocycles. The van der Waals surface area contributed by atoms with Crippen LogP contribution in [-0.4, -0.2) is 94.8 Å². The minimum absolute atomic E-state index is 0.0100. The quantitative estimate of drug-likeness (QED) is 0.446. The van der Waals surface area contributed by atoms with Gasteiger partial charge in [-0.25, -0.2) is 19.2 Å². The molecule has 3 heterocycles. The first kappa shape index (κ1) is 18.2. The SMILES string of the molecule is CCOC(=O)C12NC(=O)N3CN(CCO)CN(C(=O)N1)C32C(=O)OCC. The van der Waals surface area contributed by atoms with Crippen molar-refractivity contribution in [2.24, 2.45) is 0 Å². The number of esters is 2. The highest BCUT2D eigenvalue weighted by atomic mass is 16.5. The molecule has 0 atom stereocenters. The predicted octanol–water partition coefficient (Wildman–Crippen LogP) is -2.22. The standard InChI is InChI=1S/C14H21N5O7/c1-3-25-9(21)13-14(10(22)26-4-2)18(11(23)15-13)7-17(5-6-20)8-19(14)12(24)16-13/h20H,3-8H2,1-2H3,(H,15,23)(H,16,24). The summed E-state index contributed by atoms with van der Waals surface area (Å²) in [6.07, 6.45) is 0. The van der Waals surface area contributed by atoms with Gasteiger partial charge in [0.15, 0.2) is 0 Å². The number of aliphatic hydroxyl groups is 1. The number of carbonyl (C=O) groups excluding carboxylic acids is 4. The number of urea groups is 2. The van der Waals surface area contributed by atoms with Gasteiger partial charge in [-0.1, -0.05) is 0 Å². The molecule has 0 bridgehead atoms. The van der Waals surface area contributed by atoms with Crippen LogP contribution in [0.3, 0.4) is 0 Å². The molecule has 3 fully saturated rings. The Bertz CT molecular complexity index is 626. The number of amides is 4. The zero-order valence-electron chi connectivity index (χ0n) is 14.5. The molecular formula is C14H21N5O7. The summed E-state index contributed by atoms with van der Waals surface area (Å²) in [6.45, 7) is 2.91. The van der Waals surface area contributed by atoms with E-state index in [1.54, 1.807) is 18.7 Å². The minimum Gasteiger partial charge on any atom is -0.463 e. The van der Waals surface area contributed by atoms with Crippen molar-refractivity contribution in [2.45, 2.75) is 25.2 Å². The first-order chi connectivity index (χ1) is 12.4. The molecule has 3 N–H and O–H groups in total. The summed E-state index contributed by atoms with van der Waals surface area (Å²) < 4.78 is 10.2. The lowest BCUT2D eigenvalue weighted by Crippen LogP contribution is -2.78. The van der Waals surface area contributed by atoms with Gasteiger partial charge in [0.05, 0.1) is 33.2 Å². The fourth-order valence-electron chi connectivity index (χ4n) is 3.66. The highest BCUT2D eigenvalue weighted by molar-refractivity contribution is 6.09. The Morgan fingerprint density at radius 3 is 2.00 bits per heavy atom. The van der Waals surface area contributed by atoms with Gasteiger partial charge in [-0.2, -0.15) is 0 Å². The minimum atomic E-state index is -2.12. The molecule has 0 aromatic rings. The summed E-state index contributed by atoms with van der Waals surface area (Å²) >= 11 is 0. The van der Waals surface area contributed by atoms with E-state index in [0.717, 1.165) is 9.80 Å². The normalized spacial score (nSPS) is 30.0. The zero-order valence-corrected chi connectivity index (χ0v) is 14.5. The number of nitrogens with one attached hydrogen (secondary N) is 2. The molecule has 0 aromatic carbocycles. The average molecular weight is 371 g/mol. The molecule has 26 heavy (non-hydrogen) atoms. The van der Waals surface area contributed by atoms with Crippen LogP contribution >= 0.6 is 0 Å². The molecule has 0 aliphatic carbocycles. The maximum atomic E-state index is 13.0. The van der Waals surface area contributed by atoms with E-state index in [1.807, 2.05) is 0 Å². The second kappa shape index (κ2) is 6.29. The lowest BCUT2D eigenvalue weighted by Gasteiger charge is -2.49. The molecule has 0 unspecified atom stereocenters. The molecule has 144 valence electrons. The van der Waals surface area contributed by atoms with Gasteiger partial charge >= 0.3 is 24.0 Å². The Morgan fingerprint density at radius 1 is 1.04 bits per heavy atom. The van der Waals surface area contributed by atoms with Gasteiger partial charge in [0.1, 0.15) is 0 Å². The zero-order chi connectivity index (χ0) is 19.1. The molecule has 12 nitrogen and oxygen atoms in total. The number of hydrogen-bond acceptors (Lipinski definition) is 8. The highest BCUT2D eigenvalue weighted by Gasteiger charge is 2.82. The summed E-state index contributed by atoms with van der Waals surface area (Å²) in [5.74, 6) is -1.89. The second-order valence-corrected chi connectivity index (χ2v) is 5.98. The first-order valence-corrected chi connectivity index (χ1v) is 8.26. The number of aliphatic hydroxyl groups excluding tert-OH is 1. The third kappa shape index (κ3) is 2.08. The van der Waals surface area contributed by atoms with Gasteiger partial charge in [-0.05, 0) is 13.8 Å². The highest BCUT2D eigenvalue weighted by Crippen LogP contribution is 2.45. The lowest BCUT2D eigenvalue weighted by atomic mass is 9.92. The van der Waals surface area contributed by atoms with Gasteiger partial charge in [0.25, 0.3) is 11.3 Å². The molecule has 4 amide bonds. The van der Waals surface area contributed by atoms with Gasteiger partial charge in [0, 0.05) is 6.54 Å². The predicted molar refractivity (Wildman–Crippen MR) is 83.0 cm³/mol. The lowest BCUT2D eigenvalue weighted by molar-refractivity contribution is -0.189. The van der Waals surface area contributed by atoms with E-state index in [1.165, 1.54) is 0 Å². The van der Waals surface area contributed by atoms with Crippen LogP contribution in [0.1, 0.15) is 13.8 Å². The molecular weight excluding hydrogens is 350 g/mol. The van der Waals surface area contributed by atoms with Crippen LogP contribution in [-0.2, 0) is 19.1 Å². The largest absolute Gasteiger partial charge is 0.463 e. The molecule has 0 aromatic heterocycles. The van der Waals surface area contributed by atoms with Crippen LogP contribution in [0.25, 0.3) is 0 Å². The van der Waals surface area contributed by atoms with Crippen LogP contribution in [0.2, 0.25) is 0 Å². The van der Waals surface area contributed by atoms with E-state index in [2.05, 4.69) is 10.6 Å². The van der Waals surface area contributed by atoms with E-state index < -0.39 is 35.3 Å². The Balaban J connectivity index is 2.16. The Morgan fingerprint density at radius 2 is 1.54 bits per heavy atom. The van der Waals surface area contributed by atoms with Gasteiger partial charge in [0.2, 0.25) is 0 Å². The molecule has 3 aliphatic rings. The molecule has 3 rings (SSSR count). The van der Waals surface area contributed by atoms with Gasteiger partial charge < -0.3 is 25.2 Å².